The molecule has 1 N–H and O–H groups in total. The summed E-state index contributed by atoms with van der Waals surface area (Å²) in [4.78, 5) is 13.0. The van der Waals surface area contributed by atoms with Gasteiger partial charge in [0, 0.05) is 12.1 Å². The summed E-state index contributed by atoms with van der Waals surface area (Å²) in [5, 5.41) is 8.72. The van der Waals surface area contributed by atoms with E-state index in [9.17, 15) is 18.0 Å². The lowest BCUT2D eigenvalue weighted by Crippen LogP contribution is -2.39. The Hall–Kier alpha value is -2.00. The summed E-state index contributed by atoms with van der Waals surface area (Å²) in [7, 11) is 0. The lowest BCUT2D eigenvalue weighted by atomic mass is 10.0. The van der Waals surface area contributed by atoms with Gasteiger partial charge in [0.25, 0.3) is 5.91 Å². The maximum atomic E-state index is 12.5. The van der Waals surface area contributed by atoms with E-state index in [0.717, 1.165) is 10.5 Å². The number of nitrogens with zero attached hydrogens (tertiary/aromatic N) is 1. The Kier molecular flexibility index (Phi) is 5.79. The van der Waals surface area contributed by atoms with Crippen LogP contribution in [0.1, 0.15) is 28.4 Å². The van der Waals surface area contributed by atoms with Crippen LogP contribution in [0.2, 0.25) is 0 Å². The van der Waals surface area contributed by atoms with E-state index in [4.69, 9.17) is 5.11 Å². The van der Waals surface area contributed by atoms with Gasteiger partial charge in [-0.1, -0.05) is 17.9 Å². The summed E-state index contributed by atoms with van der Waals surface area (Å²) in [5.41, 5.74) is 1.25. The van der Waals surface area contributed by atoms with Gasteiger partial charge in [-0.05, 0) is 31.5 Å². The molecule has 6 heteroatoms. The molecule has 0 unspecified atom stereocenters. The van der Waals surface area contributed by atoms with Gasteiger partial charge >= 0.3 is 6.18 Å². The highest BCUT2D eigenvalue weighted by atomic mass is 19.4. The molecule has 1 rings (SSSR count). The van der Waals surface area contributed by atoms with Crippen LogP contribution in [-0.2, 0) is 0 Å². The maximum Gasteiger partial charge on any atom is 0.406 e. The third-order valence-corrected chi connectivity index (χ3v) is 2.75. The Morgan fingerprint density at radius 3 is 2.57 bits per heavy atom. The molecule has 0 bridgehead atoms. The molecule has 0 saturated carbocycles. The number of amides is 1. The van der Waals surface area contributed by atoms with Crippen LogP contribution in [0.25, 0.3) is 0 Å². The fourth-order valence-electron chi connectivity index (χ4n) is 1.80. The fraction of sp³-hybridized carbons (Fsp3) is 0.400. The number of carbonyl (C=O) groups excluding carboxylic acids is 1. The molecule has 0 atom stereocenters. The van der Waals surface area contributed by atoms with Gasteiger partial charge < -0.3 is 10.0 Å². The Bertz CT molecular complexity index is 571. The number of aliphatic hydroxyl groups excluding tert-OH is 1. The summed E-state index contributed by atoms with van der Waals surface area (Å²) in [6.07, 6.45) is -4.45. The standard InChI is InChI=1S/C15H16F3NO2/c1-3-19(10-15(16,17)18)14(21)13-7-6-11(2)9-12(13)5-4-8-20/h6-7,9,20H,3,8,10H2,1-2H3. The minimum atomic E-state index is -4.45. The second-order valence-corrected chi connectivity index (χ2v) is 4.44. The van der Waals surface area contributed by atoms with Gasteiger partial charge in [-0.15, -0.1) is 0 Å². The zero-order valence-electron chi connectivity index (χ0n) is 11.8. The van der Waals surface area contributed by atoms with Gasteiger partial charge in [0.15, 0.2) is 0 Å². The van der Waals surface area contributed by atoms with Crippen LogP contribution in [0.5, 0.6) is 0 Å². The molecule has 1 aromatic carbocycles. The molecule has 0 radical (unpaired) electrons. The molecule has 0 saturated heterocycles. The first kappa shape index (κ1) is 17.1. The smallest absolute Gasteiger partial charge is 0.384 e. The van der Waals surface area contributed by atoms with E-state index in [1.807, 2.05) is 0 Å². The predicted octanol–water partition coefficient (Wildman–Crippen LogP) is 2.36. The van der Waals surface area contributed by atoms with E-state index in [1.54, 1.807) is 19.1 Å². The molecule has 1 aromatic rings. The first-order valence-corrected chi connectivity index (χ1v) is 6.35. The first-order valence-electron chi connectivity index (χ1n) is 6.35. The molecule has 0 aliphatic heterocycles. The van der Waals surface area contributed by atoms with Crippen LogP contribution in [0, 0.1) is 18.8 Å². The predicted molar refractivity (Wildman–Crippen MR) is 72.8 cm³/mol. The minimum Gasteiger partial charge on any atom is -0.384 e. The second-order valence-electron chi connectivity index (χ2n) is 4.44. The van der Waals surface area contributed by atoms with Gasteiger partial charge in [0.2, 0.25) is 0 Å². The van der Waals surface area contributed by atoms with Crippen LogP contribution in [-0.4, -0.2) is 41.8 Å². The van der Waals surface area contributed by atoms with E-state index < -0.39 is 18.6 Å². The normalized spacial score (nSPS) is 10.8. The highest BCUT2D eigenvalue weighted by molar-refractivity contribution is 5.96. The molecule has 0 heterocycles. The number of hydrogen-bond donors (Lipinski definition) is 1. The Morgan fingerprint density at radius 1 is 1.38 bits per heavy atom. The molecule has 114 valence electrons. The number of alkyl halides is 3. The summed E-state index contributed by atoms with van der Waals surface area (Å²) >= 11 is 0. The second kappa shape index (κ2) is 7.14. The number of carbonyl (C=O) groups is 1. The highest BCUT2D eigenvalue weighted by Gasteiger charge is 2.33. The van der Waals surface area contributed by atoms with E-state index in [0.29, 0.717) is 5.56 Å². The first-order chi connectivity index (χ1) is 9.78. The molecule has 0 spiro atoms. The van der Waals surface area contributed by atoms with Crippen molar-refractivity contribution >= 4 is 5.91 Å². The molecule has 0 fully saturated rings. The minimum absolute atomic E-state index is 0.0565. The van der Waals surface area contributed by atoms with Crippen molar-refractivity contribution in [3.8, 4) is 11.8 Å². The van der Waals surface area contributed by atoms with E-state index in [-0.39, 0.29) is 18.7 Å². The van der Waals surface area contributed by atoms with Crippen molar-refractivity contribution in [1.82, 2.24) is 4.90 Å². The average molecular weight is 299 g/mol. The van der Waals surface area contributed by atoms with Crippen molar-refractivity contribution in [3.63, 3.8) is 0 Å². The molecule has 21 heavy (non-hydrogen) atoms. The number of aryl methyl sites for hydroxylation is 1. The quantitative estimate of drug-likeness (QED) is 0.871. The lowest BCUT2D eigenvalue weighted by molar-refractivity contribution is -0.140. The topological polar surface area (TPSA) is 40.5 Å². The van der Waals surface area contributed by atoms with E-state index >= 15 is 0 Å². The number of halogens is 3. The van der Waals surface area contributed by atoms with Gasteiger partial charge in [0.1, 0.15) is 13.2 Å². The van der Waals surface area contributed by atoms with Crippen LogP contribution >= 0.6 is 0 Å². The third kappa shape index (κ3) is 5.12. The molecular formula is C15H16F3NO2. The summed E-state index contributed by atoms with van der Waals surface area (Å²) in [6.45, 7) is 1.52. The molecule has 3 nitrogen and oxygen atoms in total. The average Bonchev–Trinajstić information content (AvgIpc) is 2.41. The van der Waals surface area contributed by atoms with Crippen molar-refractivity contribution in [1.29, 1.82) is 0 Å². The summed E-state index contributed by atoms with van der Waals surface area (Å²) in [5.74, 6) is 4.28. The lowest BCUT2D eigenvalue weighted by Gasteiger charge is -2.23. The Labute approximate surface area is 121 Å². The van der Waals surface area contributed by atoms with Gasteiger partial charge in [-0.2, -0.15) is 13.2 Å². The number of benzene rings is 1. The van der Waals surface area contributed by atoms with Crippen LogP contribution in [0.4, 0.5) is 13.2 Å². The summed E-state index contributed by atoms with van der Waals surface area (Å²) < 4.78 is 37.4. The summed E-state index contributed by atoms with van der Waals surface area (Å²) in [6, 6.07) is 4.70. The van der Waals surface area contributed by atoms with Crippen molar-refractivity contribution in [2.45, 2.75) is 20.0 Å². The van der Waals surface area contributed by atoms with E-state index in [2.05, 4.69) is 11.8 Å². The number of rotatable bonds is 3. The highest BCUT2D eigenvalue weighted by Crippen LogP contribution is 2.19. The molecule has 0 aliphatic rings. The Morgan fingerprint density at radius 2 is 2.05 bits per heavy atom. The maximum absolute atomic E-state index is 12.5. The monoisotopic (exact) mass is 299 g/mol. The van der Waals surface area contributed by atoms with E-state index in [1.165, 1.54) is 13.0 Å². The van der Waals surface area contributed by atoms with Crippen molar-refractivity contribution in [3.05, 3.63) is 34.9 Å². The van der Waals surface area contributed by atoms with Gasteiger partial charge in [0.05, 0.1) is 5.56 Å². The third-order valence-electron chi connectivity index (χ3n) is 2.75. The van der Waals surface area contributed by atoms with Gasteiger partial charge in [-0.25, -0.2) is 0 Å². The molecule has 0 aromatic heterocycles. The molecular weight excluding hydrogens is 283 g/mol. The number of hydrogen-bond acceptors (Lipinski definition) is 2. The fourth-order valence-corrected chi connectivity index (χ4v) is 1.80. The zero-order chi connectivity index (χ0) is 16.0. The van der Waals surface area contributed by atoms with Crippen molar-refractivity contribution in [2.24, 2.45) is 0 Å². The molecule has 1 amide bonds. The molecule has 0 aliphatic carbocycles. The zero-order valence-corrected chi connectivity index (χ0v) is 11.8. The van der Waals surface area contributed by atoms with Crippen LogP contribution in [0.15, 0.2) is 18.2 Å². The van der Waals surface area contributed by atoms with Crippen LogP contribution < -0.4 is 0 Å². The van der Waals surface area contributed by atoms with Gasteiger partial charge in [-0.3, -0.25) is 4.79 Å². The van der Waals surface area contributed by atoms with Crippen molar-refractivity contribution in [2.75, 3.05) is 19.7 Å². The largest absolute Gasteiger partial charge is 0.406 e. The number of aliphatic hydroxyl groups is 1. The van der Waals surface area contributed by atoms with Crippen molar-refractivity contribution < 1.29 is 23.1 Å². The SMILES string of the molecule is CCN(CC(F)(F)F)C(=O)c1ccc(C)cc1C#CCO. The van der Waals surface area contributed by atoms with Crippen LogP contribution in [0.3, 0.4) is 0 Å². The Balaban J connectivity index is 3.16.